The molecule has 1 aliphatic carbocycles. The highest BCUT2D eigenvalue weighted by atomic mass is 79.9. The lowest BCUT2D eigenvalue weighted by Gasteiger charge is -2.19. The molecular weight excluding hydrogens is 314 g/mol. The number of hydrogen-bond donors (Lipinski definition) is 1. The third-order valence-electron chi connectivity index (χ3n) is 3.36. The van der Waals surface area contributed by atoms with Crippen LogP contribution in [0.1, 0.15) is 41.5 Å². The van der Waals surface area contributed by atoms with Crippen LogP contribution in [0.2, 0.25) is 0 Å². The maximum Gasteiger partial charge on any atom is 0.328 e. The third-order valence-corrected chi connectivity index (χ3v) is 5.56. The predicted octanol–water partition coefficient (Wildman–Crippen LogP) is 3.57. The molecule has 1 aliphatic rings. The lowest BCUT2D eigenvalue weighted by Crippen LogP contribution is -2.35. The van der Waals surface area contributed by atoms with Crippen molar-refractivity contribution in [1.29, 1.82) is 0 Å². The van der Waals surface area contributed by atoms with E-state index in [1.807, 2.05) is 13.0 Å². The summed E-state index contributed by atoms with van der Waals surface area (Å²) in [6.07, 6.45) is 4.80. The first-order valence-corrected chi connectivity index (χ1v) is 7.82. The molecule has 0 spiro atoms. The molecule has 0 radical (unpaired) electrons. The van der Waals surface area contributed by atoms with E-state index in [1.165, 1.54) is 24.8 Å². The molecule has 0 aromatic carbocycles. The van der Waals surface area contributed by atoms with Gasteiger partial charge in [0, 0.05) is 20.3 Å². The highest BCUT2D eigenvalue weighted by Gasteiger charge is 2.28. The molecule has 1 aromatic rings. The van der Waals surface area contributed by atoms with Gasteiger partial charge in [0.2, 0.25) is 0 Å². The van der Waals surface area contributed by atoms with Crippen LogP contribution < -0.4 is 5.32 Å². The number of hydrogen-bond acceptors (Lipinski definition) is 4. The van der Waals surface area contributed by atoms with Crippen LogP contribution in [0.5, 0.6) is 0 Å². The summed E-state index contributed by atoms with van der Waals surface area (Å²) in [6.45, 7) is 2.04. The summed E-state index contributed by atoms with van der Waals surface area (Å²) in [5, 5.41) is 3.44. The van der Waals surface area contributed by atoms with Crippen molar-refractivity contribution in [3.63, 3.8) is 0 Å². The first kappa shape index (κ1) is 14.0. The normalized spacial score (nSPS) is 17.9. The largest absolute Gasteiger partial charge is 0.468 e. The van der Waals surface area contributed by atoms with Gasteiger partial charge in [-0.3, -0.25) is 5.32 Å². The molecule has 1 aromatic heterocycles. The lowest BCUT2D eigenvalue weighted by atomic mass is 10.1. The van der Waals surface area contributed by atoms with Gasteiger partial charge in [0.25, 0.3) is 0 Å². The minimum atomic E-state index is -0.326. The Morgan fingerprint density at radius 3 is 2.72 bits per heavy atom. The van der Waals surface area contributed by atoms with Crippen molar-refractivity contribution in [2.24, 2.45) is 0 Å². The molecule has 1 atom stereocenters. The summed E-state index contributed by atoms with van der Waals surface area (Å²) in [6, 6.07) is 2.13. The number of nitrogens with one attached hydrogen (secondary N) is 1. The van der Waals surface area contributed by atoms with E-state index in [2.05, 4.69) is 21.2 Å². The molecule has 0 amide bonds. The van der Waals surface area contributed by atoms with Crippen molar-refractivity contribution in [2.75, 3.05) is 7.11 Å². The summed E-state index contributed by atoms with van der Waals surface area (Å²) >= 11 is 5.14. The SMILES string of the molecule is COC(=O)C(NC1CCCC1)c1cc(Br)c(C)s1. The first-order valence-electron chi connectivity index (χ1n) is 6.21. The van der Waals surface area contributed by atoms with E-state index < -0.39 is 0 Å². The minimum Gasteiger partial charge on any atom is -0.468 e. The van der Waals surface area contributed by atoms with Crippen molar-refractivity contribution in [3.05, 3.63) is 20.3 Å². The molecule has 0 bridgehead atoms. The molecule has 18 heavy (non-hydrogen) atoms. The van der Waals surface area contributed by atoms with E-state index in [9.17, 15) is 4.79 Å². The minimum absolute atomic E-state index is 0.198. The Morgan fingerprint density at radius 2 is 2.22 bits per heavy atom. The molecule has 1 saturated carbocycles. The smallest absolute Gasteiger partial charge is 0.328 e. The third kappa shape index (κ3) is 3.13. The maximum absolute atomic E-state index is 11.9. The Hall–Kier alpha value is -0.390. The Morgan fingerprint density at radius 1 is 1.56 bits per heavy atom. The maximum atomic E-state index is 11.9. The fourth-order valence-corrected chi connectivity index (χ4v) is 3.95. The molecule has 1 fully saturated rings. The molecular formula is C13H18BrNO2S. The van der Waals surface area contributed by atoms with Gasteiger partial charge in [0.15, 0.2) is 0 Å². The zero-order valence-electron chi connectivity index (χ0n) is 10.7. The Labute approximate surface area is 120 Å². The van der Waals surface area contributed by atoms with Crippen LogP contribution in [0.25, 0.3) is 0 Å². The zero-order chi connectivity index (χ0) is 13.1. The van der Waals surface area contributed by atoms with Crippen molar-refractivity contribution in [1.82, 2.24) is 5.32 Å². The van der Waals surface area contributed by atoms with Gasteiger partial charge in [-0.2, -0.15) is 0 Å². The quantitative estimate of drug-likeness (QED) is 0.857. The van der Waals surface area contributed by atoms with E-state index >= 15 is 0 Å². The number of carbonyl (C=O) groups is 1. The van der Waals surface area contributed by atoms with Gasteiger partial charge >= 0.3 is 5.97 Å². The van der Waals surface area contributed by atoms with Gasteiger partial charge < -0.3 is 4.74 Å². The van der Waals surface area contributed by atoms with Gasteiger partial charge in [0.05, 0.1) is 7.11 Å². The van der Waals surface area contributed by atoms with Crippen molar-refractivity contribution >= 4 is 33.2 Å². The van der Waals surface area contributed by atoms with Crippen LogP contribution >= 0.6 is 27.3 Å². The Kier molecular flexibility index (Phi) is 4.81. The fourth-order valence-electron chi connectivity index (χ4n) is 2.34. The molecule has 0 saturated heterocycles. The second-order valence-electron chi connectivity index (χ2n) is 4.66. The van der Waals surface area contributed by atoms with Gasteiger partial charge in [-0.05, 0) is 41.8 Å². The van der Waals surface area contributed by atoms with E-state index in [0.29, 0.717) is 6.04 Å². The van der Waals surface area contributed by atoms with E-state index in [1.54, 1.807) is 11.3 Å². The van der Waals surface area contributed by atoms with Crippen LogP contribution in [0.3, 0.4) is 0 Å². The number of carbonyl (C=O) groups excluding carboxylic acids is 1. The van der Waals surface area contributed by atoms with E-state index in [4.69, 9.17) is 4.74 Å². The van der Waals surface area contributed by atoms with Crippen molar-refractivity contribution < 1.29 is 9.53 Å². The molecule has 1 N–H and O–H groups in total. The molecule has 100 valence electrons. The second-order valence-corrected chi connectivity index (χ2v) is 6.80. The van der Waals surface area contributed by atoms with Gasteiger partial charge in [-0.1, -0.05) is 12.8 Å². The Bertz CT molecular complexity index is 407. The van der Waals surface area contributed by atoms with Crippen LogP contribution in [0.4, 0.5) is 0 Å². The second kappa shape index (κ2) is 6.17. The first-order chi connectivity index (χ1) is 8.61. The van der Waals surface area contributed by atoms with E-state index in [0.717, 1.165) is 22.2 Å². The zero-order valence-corrected chi connectivity index (χ0v) is 13.1. The number of halogens is 1. The van der Waals surface area contributed by atoms with Crippen LogP contribution in [-0.2, 0) is 9.53 Å². The number of esters is 1. The summed E-state index contributed by atoms with van der Waals surface area (Å²) in [5.41, 5.74) is 0. The molecule has 1 heterocycles. The average molecular weight is 332 g/mol. The van der Waals surface area contributed by atoms with Gasteiger partial charge in [0.1, 0.15) is 6.04 Å². The standard InChI is InChI=1S/C13H18BrNO2S/c1-8-10(14)7-11(18-8)12(13(16)17-2)15-9-5-3-4-6-9/h7,9,12,15H,3-6H2,1-2H3. The topological polar surface area (TPSA) is 38.3 Å². The number of aryl methyl sites for hydroxylation is 1. The molecule has 5 heteroatoms. The molecule has 1 unspecified atom stereocenters. The molecule has 3 nitrogen and oxygen atoms in total. The van der Waals surface area contributed by atoms with Gasteiger partial charge in [-0.25, -0.2) is 4.79 Å². The number of thiophene rings is 1. The van der Waals surface area contributed by atoms with Crippen molar-refractivity contribution in [3.8, 4) is 0 Å². The van der Waals surface area contributed by atoms with Gasteiger partial charge in [-0.15, -0.1) is 11.3 Å². The van der Waals surface area contributed by atoms with Crippen LogP contribution in [-0.4, -0.2) is 19.1 Å². The van der Waals surface area contributed by atoms with Crippen LogP contribution in [0.15, 0.2) is 10.5 Å². The number of rotatable bonds is 4. The highest BCUT2D eigenvalue weighted by Crippen LogP contribution is 2.32. The predicted molar refractivity (Wildman–Crippen MR) is 76.9 cm³/mol. The fraction of sp³-hybridized carbons (Fsp3) is 0.615. The summed E-state index contributed by atoms with van der Waals surface area (Å²) in [4.78, 5) is 14.1. The average Bonchev–Trinajstić information content (AvgIpc) is 2.96. The highest BCUT2D eigenvalue weighted by molar-refractivity contribution is 9.10. The summed E-state index contributed by atoms with van der Waals surface area (Å²) in [5.74, 6) is -0.198. The number of ether oxygens (including phenoxy) is 1. The summed E-state index contributed by atoms with van der Waals surface area (Å²) < 4.78 is 5.98. The van der Waals surface area contributed by atoms with E-state index in [-0.39, 0.29) is 12.0 Å². The molecule has 0 aliphatic heterocycles. The lowest BCUT2D eigenvalue weighted by molar-refractivity contribution is -0.143. The van der Waals surface area contributed by atoms with Crippen LogP contribution in [0, 0.1) is 6.92 Å². The number of methoxy groups -OCH3 is 1. The Balaban J connectivity index is 2.16. The molecule has 2 rings (SSSR count). The summed E-state index contributed by atoms with van der Waals surface area (Å²) in [7, 11) is 1.45. The van der Waals surface area contributed by atoms with Crippen molar-refractivity contribution in [2.45, 2.75) is 44.7 Å². The monoisotopic (exact) mass is 331 g/mol.